The summed E-state index contributed by atoms with van der Waals surface area (Å²) in [5.41, 5.74) is 1.61. The van der Waals surface area contributed by atoms with E-state index in [1.54, 1.807) is 12.1 Å². The fourth-order valence-electron chi connectivity index (χ4n) is 1.64. The first-order valence-corrected chi connectivity index (χ1v) is 6.89. The summed E-state index contributed by atoms with van der Waals surface area (Å²) in [6, 6.07) is 8.47. The molecule has 2 aromatic carbocycles. The lowest BCUT2D eigenvalue weighted by molar-refractivity contribution is -0.118. The Morgan fingerprint density at radius 2 is 1.95 bits per heavy atom. The van der Waals surface area contributed by atoms with Gasteiger partial charge in [0, 0.05) is 16.2 Å². The second kappa shape index (κ2) is 6.67. The summed E-state index contributed by atoms with van der Waals surface area (Å²) in [5.74, 6) is -2.27. The van der Waals surface area contributed by atoms with Crippen LogP contribution in [0, 0.1) is 18.6 Å². The highest BCUT2D eigenvalue weighted by atomic mass is 79.9. The molecular formula is C15H12BrF2NO2. The minimum absolute atomic E-state index is 0.0936. The molecule has 0 aliphatic heterocycles. The molecule has 0 heterocycles. The second-order valence-electron chi connectivity index (χ2n) is 4.38. The van der Waals surface area contributed by atoms with Crippen LogP contribution >= 0.6 is 15.9 Å². The zero-order chi connectivity index (χ0) is 15.4. The topological polar surface area (TPSA) is 38.3 Å². The lowest BCUT2D eigenvalue weighted by Gasteiger charge is -2.09. The van der Waals surface area contributed by atoms with Crippen LogP contribution in [0.3, 0.4) is 0 Å². The molecule has 2 aromatic rings. The number of rotatable bonds is 4. The molecule has 0 aliphatic carbocycles. The van der Waals surface area contributed by atoms with E-state index in [0.29, 0.717) is 5.69 Å². The summed E-state index contributed by atoms with van der Waals surface area (Å²) in [5, 5.41) is 2.65. The van der Waals surface area contributed by atoms with Crippen molar-refractivity contribution in [3.05, 3.63) is 58.1 Å². The van der Waals surface area contributed by atoms with E-state index in [2.05, 4.69) is 21.2 Å². The molecule has 6 heteroatoms. The molecule has 0 saturated carbocycles. The van der Waals surface area contributed by atoms with Gasteiger partial charge in [0.15, 0.2) is 18.2 Å². The Hall–Kier alpha value is -1.95. The van der Waals surface area contributed by atoms with Gasteiger partial charge >= 0.3 is 0 Å². The number of ether oxygens (including phenoxy) is 1. The number of benzene rings is 2. The summed E-state index contributed by atoms with van der Waals surface area (Å²) >= 11 is 3.37. The van der Waals surface area contributed by atoms with Crippen LogP contribution in [0.25, 0.3) is 0 Å². The Morgan fingerprint density at radius 3 is 2.62 bits per heavy atom. The molecule has 2 rings (SSSR count). The number of carbonyl (C=O) groups excluding carboxylic acids is 1. The van der Waals surface area contributed by atoms with E-state index in [1.165, 1.54) is 6.07 Å². The van der Waals surface area contributed by atoms with E-state index < -0.39 is 11.6 Å². The first kappa shape index (κ1) is 15.4. The molecule has 0 aliphatic rings. The number of aryl methyl sites for hydroxylation is 1. The highest BCUT2D eigenvalue weighted by Gasteiger charge is 2.07. The number of hydrogen-bond donors (Lipinski definition) is 1. The average molecular weight is 356 g/mol. The van der Waals surface area contributed by atoms with Crippen molar-refractivity contribution in [2.45, 2.75) is 6.92 Å². The Morgan fingerprint density at radius 1 is 1.19 bits per heavy atom. The first-order valence-electron chi connectivity index (χ1n) is 6.09. The van der Waals surface area contributed by atoms with Crippen LogP contribution in [-0.2, 0) is 4.79 Å². The number of nitrogens with one attached hydrogen (secondary N) is 1. The first-order chi connectivity index (χ1) is 9.95. The van der Waals surface area contributed by atoms with Crippen molar-refractivity contribution in [1.82, 2.24) is 0 Å². The number of halogens is 3. The molecule has 21 heavy (non-hydrogen) atoms. The molecule has 110 valence electrons. The maximum atomic E-state index is 13.0. The lowest BCUT2D eigenvalue weighted by Crippen LogP contribution is -2.20. The molecule has 1 amide bonds. The summed E-state index contributed by atoms with van der Waals surface area (Å²) < 4.78 is 31.8. The summed E-state index contributed by atoms with van der Waals surface area (Å²) in [7, 11) is 0. The Kier molecular flexibility index (Phi) is 4.90. The fraction of sp³-hybridized carbons (Fsp3) is 0.133. The van der Waals surface area contributed by atoms with Gasteiger partial charge in [0.2, 0.25) is 0 Å². The maximum Gasteiger partial charge on any atom is 0.262 e. The van der Waals surface area contributed by atoms with Crippen molar-refractivity contribution in [3.8, 4) is 5.75 Å². The summed E-state index contributed by atoms with van der Waals surface area (Å²) in [4.78, 5) is 11.7. The average Bonchev–Trinajstić information content (AvgIpc) is 2.44. The quantitative estimate of drug-likeness (QED) is 0.898. The number of hydrogen-bond acceptors (Lipinski definition) is 2. The molecule has 1 N–H and O–H groups in total. The smallest absolute Gasteiger partial charge is 0.262 e. The second-order valence-corrected chi connectivity index (χ2v) is 5.23. The number of anilines is 1. The highest BCUT2D eigenvalue weighted by Crippen LogP contribution is 2.20. The van der Waals surface area contributed by atoms with Crippen molar-refractivity contribution in [2.75, 3.05) is 11.9 Å². The molecule has 0 unspecified atom stereocenters. The van der Waals surface area contributed by atoms with E-state index in [1.807, 2.05) is 13.0 Å². The van der Waals surface area contributed by atoms with Crippen LogP contribution in [0.1, 0.15) is 5.56 Å². The van der Waals surface area contributed by atoms with Crippen LogP contribution in [-0.4, -0.2) is 12.5 Å². The number of carbonyl (C=O) groups is 1. The Balaban J connectivity index is 1.92. The third-order valence-corrected chi connectivity index (χ3v) is 3.59. The molecular weight excluding hydrogens is 344 g/mol. The van der Waals surface area contributed by atoms with Gasteiger partial charge in [-0.3, -0.25) is 4.79 Å². The van der Waals surface area contributed by atoms with Gasteiger partial charge in [-0.1, -0.05) is 15.9 Å². The van der Waals surface area contributed by atoms with E-state index in [-0.39, 0.29) is 18.3 Å². The van der Waals surface area contributed by atoms with Gasteiger partial charge in [0.1, 0.15) is 5.75 Å². The van der Waals surface area contributed by atoms with Crippen LogP contribution in [0.2, 0.25) is 0 Å². The Bertz CT molecular complexity index is 677. The molecule has 0 radical (unpaired) electrons. The van der Waals surface area contributed by atoms with Crippen LogP contribution in [0.4, 0.5) is 14.5 Å². The Labute approximate surface area is 129 Å². The van der Waals surface area contributed by atoms with E-state index in [4.69, 9.17) is 4.74 Å². The van der Waals surface area contributed by atoms with Crippen molar-refractivity contribution >= 4 is 27.5 Å². The molecule has 3 nitrogen and oxygen atoms in total. The van der Waals surface area contributed by atoms with Crippen LogP contribution in [0.5, 0.6) is 5.75 Å². The van der Waals surface area contributed by atoms with Gasteiger partial charge in [-0.2, -0.15) is 0 Å². The third kappa shape index (κ3) is 4.26. The van der Waals surface area contributed by atoms with E-state index >= 15 is 0 Å². The third-order valence-electron chi connectivity index (χ3n) is 2.70. The lowest BCUT2D eigenvalue weighted by atomic mass is 10.2. The predicted octanol–water partition coefficient (Wildman–Crippen LogP) is 4.05. The van der Waals surface area contributed by atoms with Gasteiger partial charge in [0.25, 0.3) is 5.91 Å². The minimum Gasteiger partial charge on any atom is -0.484 e. The van der Waals surface area contributed by atoms with Gasteiger partial charge in [0.05, 0.1) is 0 Å². The van der Waals surface area contributed by atoms with Crippen molar-refractivity contribution in [2.24, 2.45) is 0 Å². The number of amides is 1. The monoisotopic (exact) mass is 355 g/mol. The predicted molar refractivity (Wildman–Crippen MR) is 79.4 cm³/mol. The molecule has 0 fully saturated rings. The van der Waals surface area contributed by atoms with Gasteiger partial charge in [-0.05, 0) is 42.8 Å². The minimum atomic E-state index is -1.02. The maximum absolute atomic E-state index is 13.0. The molecule has 0 saturated heterocycles. The highest BCUT2D eigenvalue weighted by molar-refractivity contribution is 9.10. The molecule has 0 atom stereocenters. The van der Waals surface area contributed by atoms with Gasteiger partial charge < -0.3 is 10.1 Å². The van der Waals surface area contributed by atoms with Crippen molar-refractivity contribution < 1.29 is 18.3 Å². The normalized spacial score (nSPS) is 10.3. The van der Waals surface area contributed by atoms with E-state index in [9.17, 15) is 13.6 Å². The van der Waals surface area contributed by atoms with Crippen LogP contribution < -0.4 is 10.1 Å². The summed E-state index contributed by atoms with van der Waals surface area (Å²) in [6.07, 6.45) is 0. The zero-order valence-corrected chi connectivity index (χ0v) is 12.7. The van der Waals surface area contributed by atoms with Gasteiger partial charge in [-0.15, -0.1) is 0 Å². The zero-order valence-electron chi connectivity index (χ0n) is 11.1. The largest absolute Gasteiger partial charge is 0.484 e. The fourth-order valence-corrected chi connectivity index (χ4v) is 1.88. The molecule has 0 aromatic heterocycles. The molecule has 0 bridgehead atoms. The standard InChI is InChI=1S/C15H12BrF2NO2/c1-9-6-10(2-4-12(9)16)19-15(20)8-21-11-3-5-13(17)14(18)7-11/h2-7H,8H2,1H3,(H,19,20). The van der Waals surface area contributed by atoms with Crippen LogP contribution in [0.15, 0.2) is 40.9 Å². The van der Waals surface area contributed by atoms with Crippen molar-refractivity contribution in [3.63, 3.8) is 0 Å². The van der Waals surface area contributed by atoms with Crippen molar-refractivity contribution in [1.29, 1.82) is 0 Å². The SMILES string of the molecule is Cc1cc(NC(=O)COc2ccc(F)c(F)c2)ccc1Br. The van der Waals surface area contributed by atoms with Gasteiger partial charge in [-0.25, -0.2) is 8.78 Å². The van der Waals surface area contributed by atoms with E-state index in [0.717, 1.165) is 22.2 Å². The summed E-state index contributed by atoms with van der Waals surface area (Å²) in [6.45, 7) is 1.61. The molecule has 0 spiro atoms.